The maximum atomic E-state index is 4.42. The van der Waals surface area contributed by atoms with Gasteiger partial charge in [-0.05, 0) is 105 Å². The van der Waals surface area contributed by atoms with E-state index in [0.29, 0.717) is 0 Å². The summed E-state index contributed by atoms with van der Waals surface area (Å²) in [5, 5.41) is 0. The molecule has 1 aromatic heterocycles. The summed E-state index contributed by atoms with van der Waals surface area (Å²) in [5.41, 5.74) is 12.0. The fraction of sp³-hybridized carbons (Fsp3) is 0.269. The number of aromatic amines is 1. The zero-order chi connectivity index (χ0) is 20.8. The van der Waals surface area contributed by atoms with Gasteiger partial charge in [0.25, 0.3) is 0 Å². The Labute approximate surface area is 170 Å². The van der Waals surface area contributed by atoms with Gasteiger partial charge in [-0.3, -0.25) is 4.99 Å². The van der Waals surface area contributed by atoms with Gasteiger partial charge in [-0.15, -0.1) is 0 Å². The van der Waals surface area contributed by atoms with Crippen LogP contribution in [-0.2, 0) is 6.42 Å². The molecule has 1 aromatic carbocycles. The Kier molecular flexibility index (Phi) is 7.17. The molecule has 28 heavy (non-hydrogen) atoms. The number of aromatic nitrogens is 1. The Morgan fingerprint density at radius 3 is 2.18 bits per heavy atom. The number of aryl methyl sites for hydroxylation is 2. The second kappa shape index (κ2) is 9.36. The highest BCUT2D eigenvalue weighted by Gasteiger charge is 2.12. The molecule has 0 aliphatic rings. The van der Waals surface area contributed by atoms with Crippen molar-refractivity contribution in [3.63, 3.8) is 0 Å². The van der Waals surface area contributed by atoms with E-state index in [0.717, 1.165) is 29.1 Å². The van der Waals surface area contributed by atoms with Crippen molar-refractivity contribution in [2.75, 3.05) is 7.05 Å². The van der Waals surface area contributed by atoms with Gasteiger partial charge >= 0.3 is 0 Å². The van der Waals surface area contributed by atoms with Gasteiger partial charge < -0.3 is 4.98 Å². The lowest BCUT2D eigenvalue weighted by Crippen LogP contribution is -2.03. The molecule has 2 aromatic rings. The lowest BCUT2D eigenvalue weighted by molar-refractivity contribution is 1.07. The van der Waals surface area contributed by atoms with Gasteiger partial charge in [0, 0.05) is 18.4 Å². The number of hydrogen-bond donors (Lipinski definition) is 1. The van der Waals surface area contributed by atoms with Crippen molar-refractivity contribution in [1.29, 1.82) is 0 Å². The first-order valence-corrected chi connectivity index (χ1v) is 9.70. The summed E-state index contributed by atoms with van der Waals surface area (Å²) in [7, 11) is 1.85. The van der Waals surface area contributed by atoms with Gasteiger partial charge in [0.1, 0.15) is 0 Å². The topological polar surface area (TPSA) is 28.1 Å². The summed E-state index contributed by atoms with van der Waals surface area (Å²) >= 11 is 0. The lowest BCUT2D eigenvalue weighted by Gasteiger charge is -2.15. The number of nitrogens with zero attached hydrogens (tertiary/aromatic N) is 1. The van der Waals surface area contributed by atoms with Crippen LogP contribution < -0.4 is 0 Å². The van der Waals surface area contributed by atoms with Gasteiger partial charge in [-0.1, -0.05) is 30.9 Å². The fourth-order valence-corrected chi connectivity index (χ4v) is 3.55. The van der Waals surface area contributed by atoms with Crippen LogP contribution in [0.4, 0.5) is 0 Å². The number of allylic oxidation sites excluding steroid dienone is 4. The SMILES string of the molecule is C=Cc1cc(-c2cc(C)c(C/C(C)=C(\C)C(/C=C\C)=NC)c(C)c2)[nH]c1C=C. The second-order valence-corrected chi connectivity index (χ2v) is 7.24. The first-order chi connectivity index (χ1) is 13.4. The Balaban J connectivity index is 2.43. The molecule has 0 saturated heterocycles. The van der Waals surface area contributed by atoms with Crippen LogP contribution in [0.25, 0.3) is 23.4 Å². The van der Waals surface area contributed by atoms with Gasteiger partial charge in [0.05, 0.1) is 5.71 Å². The van der Waals surface area contributed by atoms with Crippen LogP contribution in [0.5, 0.6) is 0 Å². The van der Waals surface area contributed by atoms with Crippen molar-refractivity contribution < 1.29 is 0 Å². The third kappa shape index (κ3) is 4.51. The zero-order valence-corrected chi connectivity index (χ0v) is 18.1. The molecule has 0 fully saturated rings. The molecule has 2 nitrogen and oxygen atoms in total. The number of hydrogen-bond acceptors (Lipinski definition) is 1. The van der Waals surface area contributed by atoms with Gasteiger partial charge in [-0.25, -0.2) is 0 Å². The van der Waals surface area contributed by atoms with Crippen LogP contribution in [0, 0.1) is 13.8 Å². The molecule has 2 rings (SSSR count). The molecule has 0 saturated carbocycles. The average molecular weight is 373 g/mol. The van der Waals surface area contributed by atoms with E-state index in [4.69, 9.17) is 0 Å². The highest BCUT2D eigenvalue weighted by molar-refractivity contribution is 6.08. The van der Waals surface area contributed by atoms with E-state index in [2.05, 4.69) is 75.1 Å². The minimum atomic E-state index is 0.931. The Morgan fingerprint density at radius 2 is 1.71 bits per heavy atom. The van der Waals surface area contributed by atoms with Crippen LogP contribution in [0.2, 0.25) is 0 Å². The van der Waals surface area contributed by atoms with Crippen LogP contribution in [0.1, 0.15) is 48.7 Å². The van der Waals surface area contributed by atoms with E-state index in [1.807, 2.05) is 32.2 Å². The van der Waals surface area contributed by atoms with Crippen molar-refractivity contribution in [1.82, 2.24) is 4.98 Å². The average Bonchev–Trinajstić information content (AvgIpc) is 3.11. The smallest absolute Gasteiger partial charge is 0.0596 e. The molecule has 0 bridgehead atoms. The maximum Gasteiger partial charge on any atom is 0.0596 e. The highest BCUT2D eigenvalue weighted by Crippen LogP contribution is 2.29. The zero-order valence-electron chi connectivity index (χ0n) is 18.1. The van der Waals surface area contributed by atoms with E-state index >= 15 is 0 Å². The summed E-state index contributed by atoms with van der Waals surface area (Å²) < 4.78 is 0. The minimum Gasteiger partial charge on any atom is -0.355 e. The van der Waals surface area contributed by atoms with Crippen molar-refractivity contribution >= 4 is 17.9 Å². The highest BCUT2D eigenvalue weighted by atomic mass is 14.7. The number of H-pyrrole nitrogens is 1. The number of nitrogens with one attached hydrogen (secondary N) is 1. The van der Waals surface area contributed by atoms with Crippen molar-refractivity contribution in [2.24, 2.45) is 4.99 Å². The largest absolute Gasteiger partial charge is 0.355 e. The Bertz CT molecular complexity index is 929. The van der Waals surface area contributed by atoms with Crippen molar-refractivity contribution in [3.05, 3.63) is 82.6 Å². The summed E-state index contributed by atoms with van der Waals surface area (Å²) in [6.07, 6.45) is 8.74. The fourth-order valence-electron chi connectivity index (χ4n) is 3.55. The Hall–Kier alpha value is -2.87. The van der Waals surface area contributed by atoms with Crippen LogP contribution in [0.15, 0.2) is 59.6 Å². The summed E-state index contributed by atoms with van der Waals surface area (Å²) in [4.78, 5) is 7.86. The minimum absolute atomic E-state index is 0.931. The molecule has 1 N–H and O–H groups in total. The third-order valence-corrected chi connectivity index (χ3v) is 5.34. The third-order valence-electron chi connectivity index (χ3n) is 5.34. The number of benzene rings is 1. The van der Waals surface area contributed by atoms with Crippen molar-refractivity contribution in [3.8, 4) is 11.3 Å². The predicted octanol–water partition coefficient (Wildman–Crippen LogP) is 7.11. The maximum absolute atomic E-state index is 4.42. The first-order valence-electron chi connectivity index (χ1n) is 9.70. The molecule has 1 heterocycles. The molecule has 0 aliphatic carbocycles. The standard InChI is InChI=1S/C26H32N2/c1-9-12-25(27-8)20(7)17(4)15-23-18(5)13-22(14-19(23)6)26-16-21(10-2)24(11-3)28-26/h9-14,16,28H,2-3,15H2,1,4-8H3/b12-9-,20-17+,27-25?. The monoisotopic (exact) mass is 372 g/mol. The molecule has 0 radical (unpaired) electrons. The lowest BCUT2D eigenvalue weighted by atomic mass is 9.91. The first kappa shape index (κ1) is 21.4. The van der Waals surface area contributed by atoms with Gasteiger partial charge in [0.15, 0.2) is 0 Å². The predicted molar refractivity (Wildman–Crippen MR) is 126 cm³/mol. The van der Waals surface area contributed by atoms with E-state index in [1.54, 1.807) is 0 Å². The van der Waals surface area contributed by atoms with E-state index in [-0.39, 0.29) is 0 Å². The molecule has 0 spiro atoms. The van der Waals surface area contributed by atoms with E-state index in [1.165, 1.54) is 33.4 Å². The summed E-state index contributed by atoms with van der Waals surface area (Å²) in [6.45, 7) is 18.5. The van der Waals surface area contributed by atoms with Gasteiger partial charge in [-0.2, -0.15) is 0 Å². The number of aliphatic imine (C=N–C) groups is 1. The van der Waals surface area contributed by atoms with Crippen LogP contribution in [0.3, 0.4) is 0 Å². The molecular weight excluding hydrogens is 340 g/mol. The molecule has 0 aliphatic heterocycles. The quantitative estimate of drug-likeness (QED) is 0.502. The second-order valence-electron chi connectivity index (χ2n) is 7.24. The van der Waals surface area contributed by atoms with Crippen molar-refractivity contribution in [2.45, 2.75) is 41.0 Å². The molecule has 0 amide bonds. The molecule has 0 atom stereocenters. The van der Waals surface area contributed by atoms with Gasteiger partial charge in [0.2, 0.25) is 0 Å². The molecule has 146 valence electrons. The number of rotatable bonds is 7. The van der Waals surface area contributed by atoms with Crippen LogP contribution >= 0.6 is 0 Å². The van der Waals surface area contributed by atoms with E-state index < -0.39 is 0 Å². The molecular formula is C26H32N2. The molecule has 0 unspecified atom stereocenters. The summed E-state index contributed by atoms with van der Waals surface area (Å²) in [6, 6.07) is 6.66. The molecule has 2 heteroatoms. The normalized spacial score (nSPS) is 13.0. The summed E-state index contributed by atoms with van der Waals surface area (Å²) in [5.74, 6) is 0. The Morgan fingerprint density at radius 1 is 1.07 bits per heavy atom. The van der Waals surface area contributed by atoms with E-state index in [9.17, 15) is 0 Å². The van der Waals surface area contributed by atoms with Crippen LogP contribution in [-0.4, -0.2) is 17.7 Å².